The van der Waals surface area contributed by atoms with Gasteiger partial charge in [-0.3, -0.25) is 4.99 Å². The first kappa shape index (κ1) is 15.7. The molecule has 2 aromatic rings. The average molecular weight is 331 g/mol. The second kappa shape index (κ2) is 6.50. The Labute approximate surface area is 137 Å². The van der Waals surface area contributed by atoms with Crippen molar-refractivity contribution in [3.63, 3.8) is 0 Å². The number of aryl methyl sites for hydroxylation is 1. The number of rotatable bonds is 2. The molecule has 120 valence electrons. The van der Waals surface area contributed by atoms with Crippen LogP contribution in [0.1, 0.15) is 28.6 Å². The maximum absolute atomic E-state index is 12.1. The molecule has 1 unspecified atom stereocenters. The van der Waals surface area contributed by atoms with Crippen LogP contribution in [0.4, 0.5) is 0 Å². The van der Waals surface area contributed by atoms with Crippen molar-refractivity contribution in [2.24, 2.45) is 4.99 Å². The number of hydrogen-bond donors (Lipinski definition) is 2. The smallest absolute Gasteiger partial charge is 0.348 e. The maximum atomic E-state index is 12.1. The molecule has 3 rings (SSSR count). The third-order valence-corrected chi connectivity index (χ3v) is 4.94. The number of phenolic OH excluding ortho intramolecular Hbond substituents is 1. The van der Waals surface area contributed by atoms with Crippen molar-refractivity contribution in [1.29, 1.82) is 0 Å². The fourth-order valence-corrected chi connectivity index (χ4v) is 3.75. The third kappa shape index (κ3) is 3.42. The van der Waals surface area contributed by atoms with E-state index in [9.17, 15) is 15.0 Å². The molecule has 1 aliphatic heterocycles. The molecule has 0 aliphatic carbocycles. The molecule has 2 N–H and O–H groups in total. The molecule has 0 radical (unpaired) electrons. The summed E-state index contributed by atoms with van der Waals surface area (Å²) >= 11 is 1.72. The van der Waals surface area contributed by atoms with Gasteiger partial charge < -0.3 is 14.6 Å². The van der Waals surface area contributed by atoms with Crippen molar-refractivity contribution in [3.05, 3.63) is 57.6 Å². The molecule has 1 aliphatic rings. The van der Waals surface area contributed by atoms with Crippen molar-refractivity contribution < 1.29 is 14.6 Å². The van der Waals surface area contributed by atoms with Crippen LogP contribution in [0, 0.1) is 6.92 Å². The van der Waals surface area contributed by atoms with Gasteiger partial charge in [-0.2, -0.15) is 11.8 Å². The topological polar surface area (TPSA) is 83.0 Å². The van der Waals surface area contributed by atoms with Crippen LogP contribution in [0.5, 0.6) is 11.5 Å². The summed E-state index contributed by atoms with van der Waals surface area (Å²) in [4.78, 5) is 16.6. The highest BCUT2D eigenvalue weighted by atomic mass is 32.2. The van der Waals surface area contributed by atoms with E-state index in [1.165, 1.54) is 6.07 Å². The van der Waals surface area contributed by atoms with Gasteiger partial charge in [-0.15, -0.1) is 0 Å². The fraction of sp³-hybridized carbons (Fsp3) is 0.294. The van der Waals surface area contributed by atoms with Crippen molar-refractivity contribution >= 4 is 17.5 Å². The van der Waals surface area contributed by atoms with Gasteiger partial charge in [0, 0.05) is 30.0 Å². The van der Waals surface area contributed by atoms with E-state index in [-0.39, 0.29) is 22.3 Å². The van der Waals surface area contributed by atoms with Crippen LogP contribution in [0.15, 0.2) is 44.5 Å². The molecule has 0 spiro atoms. The van der Waals surface area contributed by atoms with Gasteiger partial charge in [-0.25, -0.2) is 4.79 Å². The largest absolute Gasteiger partial charge is 0.508 e. The minimum absolute atomic E-state index is 0.0588. The summed E-state index contributed by atoms with van der Waals surface area (Å²) < 4.78 is 5.10. The Morgan fingerprint density at radius 2 is 2.13 bits per heavy atom. The van der Waals surface area contributed by atoms with Crippen LogP contribution in [0.3, 0.4) is 0 Å². The van der Waals surface area contributed by atoms with Crippen molar-refractivity contribution in [3.8, 4) is 11.5 Å². The first-order valence-electron chi connectivity index (χ1n) is 7.32. The third-order valence-electron chi connectivity index (χ3n) is 3.68. The molecular weight excluding hydrogens is 314 g/mol. The Morgan fingerprint density at radius 3 is 2.87 bits per heavy atom. The number of benzene rings is 1. The molecule has 5 nitrogen and oxygen atoms in total. The van der Waals surface area contributed by atoms with E-state index in [4.69, 9.17) is 4.42 Å². The molecule has 0 saturated heterocycles. The average Bonchev–Trinajstić information content (AvgIpc) is 2.72. The normalized spacial score (nSPS) is 18.3. The van der Waals surface area contributed by atoms with Crippen molar-refractivity contribution in [2.75, 3.05) is 12.3 Å². The zero-order valence-electron chi connectivity index (χ0n) is 12.7. The number of nitrogens with zero attached hydrogens (tertiary/aromatic N) is 1. The number of aliphatic imine (C=N–C) groups is 1. The van der Waals surface area contributed by atoms with Crippen LogP contribution in [0.2, 0.25) is 0 Å². The monoisotopic (exact) mass is 331 g/mol. The van der Waals surface area contributed by atoms with Gasteiger partial charge in [0.15, 0.2) is 0 Å². The highest BCUT2D eigenvalue weighted by Gasteiger charge is 2.24. The SMILES string of the molecule is Cc1cc(O)c(C2=NCCSC(c3cccc(O)c3)C2)c(=O)o1. The lowest BCUT2D eigenvalue weighted by atomic mass is 10.0. The Bertz CT molecular complexity index is 812. The van der Waals surface area contributed by atoms with Crippen molar-refractivity contribution in [2.45, 2.75) is 18.6 Å². The zero-order valence-corrected chi connectivity index (χ0v) is 13.5. The lowest BCUT2D eigenvalue weighted by Gasteiger charge is -2.16. The molecule has 0 bridgehead atoms. The molecule has 0 amide bonds. The molecule has 0 saturated carbocycles. The van der Waals surface area contributed by atoms with Crippen LogP contribution in [0.25, 0.3) is 0 Å². The minimum Gasteiger partial charge on any atom is -0.508 e. The molecule has 23 heavy (non-hydrogen) atoms. The lowest BCUT2D eigenvalue weighted by Crippen LogP contribution is -2.17. The molecule has 6 heteroatoms. The molecule has 2 heterocycles. The highest BCUT2D eigenvalue weighted by molar-refractivity contribution is 7.99. The molecule has 1 aromatic carbocycles. The predicted molar refractivity (Wildman–Crippen MR) is 90.7 cm³/mol. The zero-order chi connectivity index (χ0) is 16.4. The Kier molecular flexibility index (Phi) is 4.43. The van der Waals surface area contributed by atoms with E-state index in [0.29, 0.717) is 24.4 Å². The summed E-state index contributed by atoms with van der Waals surface area (Å²) in [6.07, 6.45) is 0.496. The molecule has 1 aromatic heterocycles. The number of thioether (sulfide) groups is 1. The Balaban J connectivity index is 1.97. The summed E-state index contributed by atoms with van der Waals surface area (Å²) in [5.41, 5.74) is 1.10. The second-order valence-electron chi connectivity index (χ2n) is 5.39. The Morgan fingerprint density at radius 1 is 1.30 bits per heavy atom. The number of hydrogen-bond acceptors (Lipinski definition) is 6. The molecule has 0 fully saturated rings. The van der Waals surface area contributed by atoms with E-state index in [1.807, 2.05) is 6.07 Å². The van der Waals surface area contributed by atoms with Gasteiger partial charge >= 0.3 is 5.63 Å². The van der Waals surface area contributed by atoms with Gasteiger partial charge in [0.25, 0.3) is 0 Å². The summed E-state index contributed by atoms with van der Waals surface area (Å²) in [7, 11) is 0. The number of aromatic hydroxyl groups is 2. The van der Waals surface area contributed by atoms with Crippen molar-refractivity contribution in [1.82, 2.24) is 0 Å². The quantitative estimate of drug-likeness (QED) is 0.884. The van der Waals surface area contributed by atoms with E-state index in [1.54, 1.807) is 36.9 Å². The summed E-state index contributed by atoms with van der Waals surface area (Å²) in [5, 5.41) is 19.9. The van der Waals surface area contributed by atoms with Crippen LogP contribution >= 0.6 is 11.8 Å². The standard InChI is InChI=1S/C17H17NO4S/c1-10-7-14(20)16(17(21)22-10)13-9-15(23-6-5-18-13)11-3-2-4-12(19)8-11/h2-4,7-8,15,19-20H,5-6,9H2,1H3. The van der Waals surface area contributed by atoms with Crippen LogP contribution in [-0.4, -0.2) is 28.2 Å². The van der Waals surface area contributed by atoms with E-state index in [0.717, 1.165) is 11.3 Å². The summed E-state index contributed by atoms with van der Waals surface area (Å²) in [5.74, 6) is 1.29. The van der Waals surface area contributed by atoms with Gasteiger partial charge in [-0.1, -0.05) is 12.1 Å². The maximum Gasteiger partial charge on any atom is 0.348 e. The van der Waals surface area contributed by atoms with E-state index in [2.05, 4.69) is 4.99 Å². The minimum atomic E-state index is -0.567. The van der Waals surface area contributed by atoms with E-state index >= 15 is 0 Å². The summed E-state index contributed by atoms with van der Waals surface area (Å²) in [6, 6.07) is 8.52. The van der Waals surface area contributed by atoms with Gasteiger partial charge in [0.05, 0.1) is 5.71 Å². The summed E-state index contributed by atoms with van der Waals surface area (Å²) in [6.45, 7) is 2.19. The van der Waals surface area contributed by atoms with Gasteiger partial charge in [0.2, 0.25) is 0 Å². The molecular formula is C17H17NO4S. The van der Waals surface area contributed by atoms with Gasteiger partial charge in [-0.05, 0) is 24.6 Å². The van der Waals surface area contributed by atoms with Crippen LogP contribution in [-0.2, 0) is 0 Å². The first-order chi connectivity index (χ1) is 11.0. The second-order valence-corrected chi connectivity index (χ2v) is 6.70. The molecule has 1 atom stereocenters. The van der Waals surface area contributed by atoms with Gasteiger partial charge in [0.1, 0.15) is 22.8 Å². The Hall–Kier alpha value is -2.21. The highest BCUT2D eigenvalue weighted by Crippen LogP contribution is 2.36. The van der Waals surface area contributed by atoms with E-state index < -0.39 is 5.63 Å². The first-order valence-corrected chi connectivity index (χ1v) is 8.37. The predicted octanol–water partition coefficient (Wildman–Crippen LogP) is 3.03. The lowest BCUT2D eigenvalue weighted by molar-refractivity contribution is 0.432. The fourth-order valence-electron chi connectivity index (χ4n) is 2.66. The number of phenols is 1. The van der Waals surface area contributed by atoms with Crippen LogP contribution < -0.4 is 5.63 Å².